The van der Waals surface area contributed by atoms with Gasteiger partial charge in [-0.25, -0.2) is 4.39 Å². The van der Waals surface area contributed by atoms with Crippen LogP contribution in [0.3, 0.4) is 0 Å². The van der Waals surface area contributed by atoms with Crippen LogP contribution in [0, 0.1) is 5.82 Å². The van der Waals surface area contributed by atoms with Gasteiger partial charge in [-0.15, -0.1) is 24.0 Å². The summed E-state index contributed by atoms with van der Waals surface area (Å²) in [6.45, 7) is 2.63. The number of hydrogen-bond donors (Lipinski definition) is 2. The second-order valence-electron chi connectivity index (χ2n) is 5.16. The number of aliphatic imine (C=N–C) groups is 1. The zero-order valence-corrected chi connectivity index (χ0v) is 16.2. The Morgan fingerprint density at radius 3 is 2.46 bits per heavy atom. The van der Waals surface area contributed by atoms with Crippen LogP contribution in [0.15, 0.2) is 47.5 Å². The van der Waals surface area contributed by atoms with E-state index in [4.69, 9.17) is 10.5 Å². The van der Waals surface area contributed by atoms with E-state index >= 15 is 0 Å². The van der Waals surface area contributed by atoms with Gasteiger partial charge in [0.1, 0.15) is 0 Å². The summed E-state index contributed by atoms with van der Waals surface area (Å²) < 4.78 is 18.3. The number of halogens is 2. The molecule has 0 spiro atoms. The maximum absolute atomic E-state index is 13.3. The highest BCUT2D eigenvalue weighted by atomic mass is 127. The predicted molar refractivity (Wildman–Crippen MR) is 108 cm³/mol. The fourth-order valence-electron chi connectivity index (χ4n) is 2.18. The first-order valence-corrected chi connectivity index (χ1v) is 7.60. The van der Waals surface area contributed by atoms with Gasteiger partial charge in [-0.2, -0.15) is 0 Å². The molecule has 0 amide bonds. The van der Waals surface area contributed by atoms with Crippen LogP contribution in [0.2, 0.25) is 0 Å². The first kappa shape index (κ1) is 20.2. The van der Waals surface area contributed by atoms with E-state index in [-0.39, 0.29) is 35.5 Å². The lowest BCUT2D eigenvalue weighted by Crippen LogP contribution is -2.23. The normalized spacial score (nSPS) is 10.9. The highest BCUT2D eigenvalue weighted by molar-refractivity contribution is 14.0. The SMILES string of the molecule is CCc1ccc(NC(N)=NCCc2ccc(F)c(OC)c2)cc1.I. The number of anilines is 1. The molecule has 0 aliphatic carbocycles. The Kier molecular flexibility index (Phi) is 8.53. The Morgan fingerprint density at radius 1 is 1.17 bits per heavy atom. The number of nitrogens with zero attached hydrogens (tertiary/aromatic N) is 1. The summed E-state index contributed by atoms with van der Waals surface area (Å²) in [4.78, 5) is 4.28. The molecular weight excluding hydrogens is 420 g/mol. The third-order valence-corrected chi connectivity index (χ3v) is 3.53. The molecule has 0 heterocycles. The van der Waals surface area contributed by atoms with Gasteiger partial charge in [-0.05, 0) is 48.2 Å². The lowest BCUT2D eigenvalue weighted by atomic mass is 10.1. The van der Waals surface area contributed by atoms with E-state index in [2.05, 4.69) is 29.4 Å². The number of benzene rings is 2. The van der Waals surface area contributed by atoms with Crippen LogP contribution in [-0.4, -0.2) is 19.6 Å². The molecule has 4 nitrogen and oxygen atoms in total. The summed E-state index contributed by atoms with van der Waals surface area (Å²) in [5, 5.41) is 3.05. The standard InChI is InChI=1S/C18H22FN3O.HI/c1-3-13-4-7-15(8-5-13)22-18(20)21-11-10-14-6-9-16(19)17(12-14)23-2;/h4-9,12H,3,10-11H2,1-2H3,(H3,20,21,22);1H. The molecule has 0 aliphatic heterocycles. The first-order chi connectivity index (χ1) is 11.1. The minimum Gasteiger partial charge on any atom is -0.494 e. The Bertz CT molecular complexity index is 674. The summed E-state index contributed by atoms with van der Waals surface area (Å²) in [7, 11) is 1.45. The molecule has 0 radical (unpaired) electrons. The average molecular weight is 443 g/mol. The highest BCUT2D eigenvalue weighted by Gasteiger charge is 2.03. The third kappa shape index (κ3) is 5.99. The molecule has 3 N–H and O–H groups in total. The van der Waals surface area contributed by atoms with Crippen LogP contribution in [-0.2, 0) is 12.8 Å². The van der Waals surface area contributed by atoms with Crippen molar-refractivity contribution in [1.82, 2.24) is 0 Å². The Hall–Kier alpha value is -1.83. The van der Waals surface area contributed by atoms with Crippen molar-refractivity contribution < 1.29 is 9.13 Å². The molecular formula is C18H23FIN3O. The number of aryl methyl sites for hydroxylation is 1. The average Bonchev–Trinajstić information content (AvgIpc) is 2.57. The second kappa shape index (κ2) is 10.1. The summed E-state index contributed by atoms with van der Waals surface area (Å²) in [5.41, 5.74) is 9.01. The van der Waals surface area contributed by atoms with Crippen molar-refractivity contribution in [2.24, 2.45) is 10.7 Å². The van der Waals surface area contributed by atoms with E-state index in [1.54, 1.807) is 12.1 Å². The Labute approximate surface area is 159 Å². The van der Waals surface area contributed by atoms with E-state index in [9.17, 15) is 4.39 Å². The van der Waals surface area contributed by atoms with Gasteiger partial charge in [0.05, 0.1) is 7.11 Å². The van der Waals surface area contributed by atoms with Crippen molar-refractivity contribution in [3.8, 4) is 5.75 Å². The number of ether oxygens (including phenoxy) is 1. The van der Waals surface area contributed by atoms with Gasteiger partial charge in [0.2, 0.25) is 0 Å². The predicted octanol–water partition coefficient (Wildman–Crippen LogP) is 3.98. The minimum atomic E-state index is -0.364. The van der Waals surface area contributed by atoms with Crippen molar-refractivity contribution in [3.05, 3.63) is 59.4 Å². The second-order valence-corrected chi connectivity index (χ2v) is 5.16. The smallest absolute Gasteiger partial charge is 0.193 e. The van der Waals surface area contributed by atoms with E-state index in [1.807, 2.05) is 12.1 Å². The van der Waals surface area contributed by atoms with Crippen LogP contribution in [0.25, 0.3) is 0 Å². The van der Waals surface area contributed by atoms with Gasteiger partial charge in [0.15, 0.2) is 17.5 Å². The number of nitrogens with one attached hydrogen (secondary N) is 1. The van der Waals surface area contributed by atoms with Crippen LogP contribution < -0.4 is 15.8 Å². The maximum Gasteiger partial charge on any atom is 0.193 e. The largest absolute Gasteiger partial charge is 0.494 e. The van der Waals surface area contributed by atoms with Gasteiger partial charge < -0.3 is 15.8 Å². The van der Waals surface area contributed by atoms with Crippen LogP contribution in [0.1, 0.15) is 18.1 Å². The van der Waals surface area contributed by atoms with Crippen molar-refractivity contribution in [1.29, 1.82) is 0 Å². The summed E-state index contributed by atoms with van der Waals surface area (Å²) >= 11 is 0. The molecule has 0 saturated carbocycles. The van der Waals surface area contributed by atoms with E-state index in [0.717, 1.165) is 17.7 Å². The van der Waals surface area contributed by atoms with Gasteiger partial charge in [-0.3, -0.25) is 4.99 Å². The van der Waals surface area contributed by atoms with E-state index < -0.39 is 0 Å². The van der Waals surface area contributed by atoms with Crippen LogP contribution in [0.4, 0.5) is 10.1 Å². The fourth-order valence-corrected chi connectivity index (χ4v) is 2.18. The van der Waals surface area contributed by atoms with Crippen molar-refractivity contribution >= 4 is 35.6 Å². The third-order valence-electron chi connectivity index (χ3n) is 3.53. The quantitative estimate of drug-likeness (QED) is 0.404. The molecule has 0 aromatic heterocycles. The summed E-state index contributed by atoms with van der Waals surface area (Å²) in [6.07, 6.45) is 1.67. The molecule has 0 aliphatic rings. The van der Waals surface area contributed by atoms with Crippen molar-refractivity contribution in [3.63, 3.8) is 0 Å². The van der Waals surface area contributed by atoms with Crippen molar-refractivity contribution in [2.45, 2.75) is 19.8 Å². The first-order valence-electron chi connectivity index (χ1n) is 7.60. The molecule has 0 atom stereocenters. The zero-order chi connectivity index (χ0) is 16.7. The number of nitrogens with two attached hydrogens (primary N) is 1. The molecule has 24 heavy (non-hydrogen) atoms. The number of guanidine groups is 1. The van der Waals surface area contributed by atoms with Gasteiger partial charge in [-0.1, -0.05) is 25.1 Å². The molecule has 2 rings (SSSR count). The Morgan fingerprint density at radius 2 is 1.83 bits per heavy atom. The molecule has 0 saturated heterocycles. The summed E-state index contributed by atoms with van der Waals surface area (Å²) in [6, 6.07) is 12.9. The molecule has 6 heteroatoms. The lowest BCUT2D eigenvalue weighted by Gasteiger charge is -2.07. The molecule has 2 aromatic rings. The van der Waals surface area contributed by atoms with Crippen molar-refractivity contribution in [2.75, 3.05) is 19.0 Å². The lowest BCUT2D eigenvalue weighted by molar-refractivity contribution is 0.386. The Balaban J connectivity index is 0.00000288. The van der Waals surface area contributed by atoms with Gasteiger partial charge >= 0.3 is 0 Å². The van der Waals surface area contributed by atoms with E-state index in [0.29, 0.717) is 18.9 Å². The zero-order valence-electron chi connectivity index (χ0n) is 13.9. The van der Waals surface area contributed by atoms with E-state index in [1.165, 1.54) is 18.7 Å². The minimum absolute atomic E-state index is 0. The molecule has 0 fully saturated rings. The number of rotatable bonds is 6. The maximum atomic E-state index is 13.3. The summed E-state index contributed by atoms with van der Waals surface area (Å²) in [5.74, 6) is 0.244. The molecule has 0 bridgehead atoms. The van der Waals surface area contributed by atoms with Crippen LogP contribution >= 0.6 is 24.0 Å². The molecule has 130 valence electrons. The highest BCUT2D eigenvalue weighted by Crippen LogP contribution is 2.18. The topological polar surface area (TPSA) is 59.6 Å². The molecule has 0 unspecified atom stereocenters. The number of hydrogen-bond acceptors (Lipinski definition) is 2. The number of methoxy groups -OCH3 is 1. The van der Waals surface area contributed by atoms with Gasteiger partial charge in [0.25, 0.3) is 0 Å². The molecule has 2 aromatic carbocycles. The van der Waals surface area contributed by atoms with Crippen LogP contribution in [0.5, 0.6) is 5.75 Å². The fraction of sp³-hybridized carbons (Fsp3) is 0.278. The monoisotopic (exact) mass is 443 g/mol. The van der Waals surface area contributed by atoms with Gasteiger partial charge in [0, 0.05) is 12.2 Å².